The number of hydrogen-bond donors (Lipinski definition) is 3. The first-order chi connectivity index (χ1) is 14.9. The lowest BCUT2D eigenvalue weighted by Gasteiger charge is -2.20. The molecule has 0 bridgehead atoms. The summed E-state index contributed by atoms with van der Waals surface area (Å²) in [7, 11) is 0. The van der Waals surface area contributed by atoms with Gasteiger partial charge >= 0.3 is 6.03 Å². The summed E-state index contributed by atoms with van der Waals surface area (Å²) in [5.74, 6) is -2.21. The van der Waals surface area contributed by atoms with Crippen molar-refractivity contribution in [2.75, 3.05) is 18.4 Å². The molecule has 2 aromatic carbocycles. The summed E-state index contributed by atoms with van der Waals surface area (Å²) < 4.78 is 27.5. The summed E-state index contributed by atoms with van der Waals surface area (Å²) in [5.41, 5.74) is 1.05. The zero-order valence-electron chi connectivity index (χ0n) is 16.5. The van der Waals surface area contributed by atoms with Crippen LogP contribution in [-0.4, -0.2) is 47.9 Å². The fraction of sp³-hybridized carbons (Fsp3) is 0.227. The Morgan fingerprint density at radius 2 is 2.00 bits per heavy atom. The fourth-order valence-corrected chi connectivity index (χ4v) is 3.91. The van der Waals surface area contributed by atoms with Crippen LogP contribution >= 0.6 is 0 Å². The Hall–Kier alpha value is -3.75. The molecule has 160 valence electrons. The Balaban J connectivity index is 1.61. The van der Waals surface area contributed by atoms with Gasteiger partial charge in [-0.2, -0.15) is 0 Å². The normalized spacial score (nSPS) is 19.7. The van der Waals surface area contributed by atoms with Gasteiger partial charge in [-0.1, -0.05) is 12.1 Å². The van der Waals surface area contributed by atoms with Crippen molar-refractivity contribution in [2.24, 2.45) is 0 Å². The Bertz CT molecular complexity index is 1090. The average Bonchev–Trinajstić information content (AvgIpc) is 3.12. The molecule has 0 saturated carbocycles. The molecule has 31 heavy (non-hydrogen) atoms. The number of halogens is 2. The van der Waals surface area contributed by atoms with E-state index in [1.54, 1.807) is 6.07 Å². The lowest BCUT2D eigenvalue weighted by Crippen LogP contribution is -2.44. The molecule has 7 nitrogen and oxygen atoms in total. The summed E-state index contributed by atoms with van der Waals surface area (Å²) in [4.78, 5) is 39.3. The molecular formula is C22H20F2N4O3. The summed E-state index contributed by atoms with van der Waals surface area (Å²) >= 11 is 0. The molecule has 0 spiro atoms. The van der Waals surface area contributed by atoms with Gasteiger partial charge in [-0.3, -0.25) is 9.59 Å². The Labute approximate surface area is 177 Å². The number of amides is 4. The summed E-state index contributed by atoms with van der Waals surface area (Å²) in [6.45, 7) is 3.98. The SMILES string of the molecule is C=CCNC(=O)N[C@H]1C[C@H]2C(=O)Nc3ccc(-c4ccc(F)cc4F)cc3C(=O)N2C1. The van der Waals surface area contributed by atoms with Crippen LogP contribution in [-0.2, 0) is 4.79 Å². The first-order valence-corrected chi connectivity index (χ1v) is 9.74. The molecular weight excluding hydrogens is 406 g/mol. The maximum Gasteiger partial charge on any atom is 0.315 e. The Kier molecular flexibility index (Phi) is 5.41. The van der Waals surface area contributed by atoms with Crippen LogP contribution in [0.5, 0.6) is 0 Å². The molecule has 2 atom stereocenters. The van der Waals surface area contributed by atoms with Gasteiger partial charge in [0.2, 0.25) is 5.91 Å². The smallest absolute Gasteiger partial charge is 0.315 e. The van der Waals surface area contributed by atoms with E-state index in [2.05, 4.69) is 22.5 Å². The number of fused-ring (bicyclic) bond motifs is 2. The number of hydrogen-bond acceptors (Lipinski definition) is 3. The van der Waals surface area contributed by atoms with E-state index in [1.165, 1.54) is 29.2 Å². The van der Waals surface area contributed by atoms with Crippen molar-refractivity contribution in [1.82, 2.24) is 15.5 Å². The largest absolute Gasteiger partial charge is 0.335 e. The molecule has 0 radical (unpaired) electrons. The van der Waals surface area contributed by atoms with Gasteiger partial charge in [-0.15, -0.1) is 6.58 Å². The highest BCUT2D eigenvalue weighted by Gasteiger charge is 2.43. The van der Waals surface area contributed by atoms with E-state index in [9.17, 15) is 23.2 Å². The number of carbonyl (C=O) groups excluding carboxylic acids is 3. The Morgan fingerprint density at radius 3 is 2.74 bits per heavy atom. The number of nitrogens with one attached hydrogen (secondary N) is 3. The second-order valence-electron chi connectivity index (χ2n) is 7.42. The van der Waals surface area contributed by atoms with Gasteiger partial charge in [0, 0.05) is 24.7 Å². The zero-order valence-corrected chi connectivity index (χ0v) is 16.5. The second kappa shape index (κ2) is 8.17. The first kappa shape index (κ1) is 20.5. The lowest BCUT2D eigenvalue weighted by atomic mass is 10.0. The minimum absolute atomic E-state index is 0.143. The van der Waals surface area contributed by atoms with Crippen molar-refractivity contribution in [1.29, 1.82) is 0 Å². The van der Waals surface area contributed by atoms with E-state index in [0.717, 1.165) is 12.1 Å². The quantitative estimate of drug-likeness (QED) is 0.657. The highest BCUT2D eigenvalue weighted by molar-refractivity contribution is 6.10. The van der Waals surface area contributed by atoms with Crippen LogP contribution in [0.2, 0.25) is 0 Å². The third-order valence-electron chi connectivity index (χ3n) is 5.36. The number of anilines is 1. The number of benzene rings is 2. The summed E-state index contributed by atoms with van der Waals surface area (Å²) in [6.07, 6.45) is 1.81. The molecule has 1 fully saturated rings. The van der Waals surface area contributed by atoms with Gasteiger partial charge in [0.15, 0.2) is 0 Å². The molecule has 2 aliphatic heterocycles. The van der Waals surface area contributed by atoms with E-state index in [-0.39, 0.29) is 30.0 Å². The third kappa shape index (κ3) is 3.98. The van der Waals surface area contributed by atoms with Gasteiger partial charge in [-0.25, -0.2) is 13.6 Å². The van der Waals surface area contributed by atoms with Crippen molar-refractivity contribution in [3.05, 3.63) is 66.3 Å². The van der Waals surface area contributed by atoms with Crippen LogP contribution in [0.4, 0.5) is 19.3 Å². The van der Waals surface area contributed by atoms with Crippen molar-refractivity contribution in [2.45, 2.75) is 18.5 Å². The van der Waals surface area contributed by atoms with Crippen molar-refractivity contribution < 1.29 is 23.2 Å². The lowest BCUT2D eigenvalue weighted by molar-refractivity contribution is -0.119. The number of carbonyl (C=O) groups is 3. The zero-order chi connectivity index (χ0) is 22.1. The standard InChI is InChI=1S/C22H20F2N4O3/c1-2-7-25-22(31)26-14-10-19-20(29)27-18-6-3-12(8-16(18)21(30)28(19)11-14)15-5-4-13(23)9-17(15)24/h2-6,8-9,14,19H,1,7,10-11H2,(H,27,29)(H2,25,26,31)/t14-,19-/m0/s1. The Morgan fingerprint density at radius 1 is 1.19 bits per heavy atom. The predicted octanol–water partition coefficient (Wildman–Crippen LogP) is 2.65. The maximum atomic E-state index is 14.2. The molecule has 0 aliphatic carbocycles. The summed E-state index contributed by atoms with van der Waals surface area (Å²) in [6, 6.07) is 6.23. The van der Waals surface area contributed by atoms with E-state index in [0.29, 0.717) is 17.8 Å². The van der Waals surface area contributed by atoms with Crippen LogP contribution in [0.3, 0.4) is 0 Å². The fourth-order valence-electron chi connectivity index (χ4n) is 3.91. The predicted molar refractivity (Wildman–Crippen MR) is 110 cm³/mol. The molecule has 0 aromatic heterocycles. The van der Waals surface area contributed by atoms with Crippen LogP contribution in [0.1, 0.15) is 16.8 Å². The van der Waals surface area contributed by atoms with Crippen LogP contribution in [0, 0.1) is 11.6 Å². The highest BCUT2D eigenvalue weighted by Crippen LogP contribution is 2.33. The van der Waals surface area contributed by atoms with Crippen molar-refractivity contribution in [3.8, 4) is 11.1 Å². The molecule has 2 aliphatic rings. The number of nitrogens with zero attached hydrogens (tertiary/aromatic N) is 1. The monoisotopic (exact) mass is 426 g/mol. The topological polar surface area (TPSA) is 90.5 Å². The van der Waals surface area contributed by atoms with E-state index in [4.69, 9.17) is 0 Å². The van der Waals surface area contributed by atoms with Crippen molar-refractivity contribution >= 4 is 23.5 Å². The summed E-state index contributed by atoms with van der Waals surface area (Å²) in [5, 5.41) is 8.08. The third-order valence-corrected chi connectivity index (χ3v) is 5.36. The van der Waals surface area contributed by atoms with Gasteiger partial charge in [-0.05, 0) is 36.2 Å². The molecule has 4 rings (SSSR count). The van der Waals surface area contributed by atoms with Gasteiger partial charge < -0.3 is 20.9 Å². The molecule has 0 unspecified atom stereocenters. The minimum Gasteiger partial charge on any atom is -0.335 e. The average molecular weight is 426 g/mol. The number of rotatable bonds is 4. The number of urea groups is 1. The molecule has 1 saturated heterocycles. The molecule has 2 heterocycles. The van der Waals surface area contributed by atoms with Crippen LogP contribution < -0.4 is 16.0 Å². The molecule has 2 aromatic rings. The minimum atomic E-state index is -0.751. The van der Waals surface area contributed by atoms with E-state index < -0.39 is 35.7 Å². The maximum absolute atomic E-state index is 14.2. The molecule has 9 heteroatoms. The molecule has 4 amide bonds. The van der Waals surface area contributed by atoms with Crippen LogP contribution in [0.15, 0.2) is 49.1 Å². The van der Waals surface area contributed by atoms with Gasteiger partial charge in [0.25, 0.3) is 5.91 Å². The van der Waals surface area contributed by atoms with Crippen molar-refractivity contribution in [3.63, 3.8) is 0 Å². The second-order valence-corrected chi connectivity index (χ2v) is 7.42. The molecule has 3 N–H and O–H groups in total. The highest BCUT2D eigenvalue weighted by atomic mass is 19.1. The van der Waals surface area contributed by atoms with E-state index >= 15 is 0 Å². The van der Waals surface area contributed by atoms with Crippen LogP contribution in [0.25, 0.3) is 11.1 Å². The first-order valence-electron chi connectivity index (χ1n) is 9.74. The van der Waals surface area contributed by atoms with Gasteiger partial charge in [0.1, 0.15) is 17.7 Å². The van der Waals surface area contributed by atoms with E-state index in [1.807, 2.05) is 0 Å². The van der Waals surface area contributed by atoms with Gasteiger partial charge in [0.05, 0.1) is 17.3 Å².